The molecule has 0 saturated heterocycles. The van der Waals surface area contributed by atoms with Gasteiger partial charge in [-0.1, -0.05) is 109 Å². The molecule has 4 saturated carbocycles. The van der Waals surface area contributed by atoms with E-state index in [0.29, 0.717) is 17.5 Å². The molecule has 2 aromatic heterocycles. The van der Waals surface area contributed by atoms with E-state index in [0.717, 1.165) is 67.8 Å². The summed E-state index contributed by atoms with van der Waals surface area (Å²) in [6.45, 7) is 0. The molecule has 4 aliphatic rings. The van der Waals surface area contributed by atoms with Crippen LogP contribution in [-0.4, -0.2) is 19.9 Å². The van der Waals surface area contributed by atoms with Gasteiger partial charge in [0, 0.05) is 22.3 Å². The highest BCUT2D eigenvalue weighted by atomic mass is 16.3. The number of rotatable bonds is 6. The second-order valence-electron chi connectivity index (χ2n) is 14.6. The highest BCUT2D eigenvalue weighted by Crippen LogP contribution is 2.61. The molecule has 5 nitrogen and oxygen atoms in total. The number of oxazole rings is 1. The molecule has 0 aliphatic heterocycles. The molecule has 2 heterocycles. The molecule has 49 heavy (non-hydrogen) atoms. The number of hydrogen-bond acceptors (Lipinski definition) is 5. The Kier molecular flexibility index (Phi) is 6.61. The summed E-state index contributed by atoms with van der Waals surface area (Å²) in [5.41, 5.74) is 11.0. The van der Waals surface area contributed by atoms with Gasteiger partial charge in [-0.25, -0.2) is 19.9 Å². The van der Waals surface area contributed by atoms with E-state index in [1.807, 2.05) is 60.7 Å². The number of fused-ring (bicyclic) bond motifs is 1. The lowest BCUT2D eigenvalue weighted by Crippen LogP contribution is -2.48. The number of nitrogens with zero attached hydrogens (tertiary/aromatic N) is 4. The molecule has 0 spiro atoms. The van der Waals surface area contributed by atoms with Crippen molar-refractivity contribution in [1.29, 1.82) is 0 Å². The van der Waals surface area contributed by atoms with E-state index in [1.165, 1.54) is 44.1 Å². The molecule has 5 aromatic carbocycles. The first-order valence-electron chi connectivity index (χ1n) is 17.6. The van der Waals surface area contributed by atoms with Crippen LogP contribution >= 0.6 is 0 Å². The molecule has 4 aliphatic carbocycles. The molecule has 11 rings (SSSR count). The van der Waals surface area contributed by atoms with Gasteiger partial charge in [-0.05, 0) is 96.1 Å². The Balaban J connectivity index is 1.02. The van der Waals surface area contributed by atoms with Crippen molar-refractivity contribution in [2.45, 2.75) is 43.9 Å². The Morgan fingerprint density at radius 1 is 0.490 bits per heavy atom. The second kappa shape index (κ2) is 11.3. The number of benzene rings is 5. The van der Waals surface area contributed by atoms with Crippen molar-refractivity contribution >= 4 is 11.1 Å². The van der Waals surface area contributed by atoms with Gasteiger partial charge in [-0.2, -0.15) is 0 Å². The van der Waals surface area contributed by atoms with Crippen LogP contribution in [0.25, 0.3) is 67.5 Å². The molecule has 5 heteroatoms. The highest BCUT2D eigenvalue weighted by Gasteiger charge is 2.52. The quantitative estimate of drug-likeness (QED) is 0.182. The average Bonchev–Trinajstić information content (AvgIpc) is 3.65. The fourth-order valence-corrected chi connectivity index (χ4v) is 9.69. The fraction of sp³-hybridized carbons (Fsp3) is 0.227. The van der Waals surface area contributed by atoms with E-state index in [1.54, 1.807) is 6.39 Å². The third-order valence-electron chi connectivity index (χ3n) is 11.4. The third kappa shape index (κ3) is 4.99. The van der Waals surface area contributed by atoms with Crippen LogP contribution < -0.4 is 0 Å². The van der Waals surface area contributed by atoms with Gasteiger partial charge in [-0.15, -0.1) is 0 Å². The summed E-state index contributed by atoms with van der Waals surface area (Å²) in [5.74, 6) is 4.61. The Morgan fingerprint density at radius 2 is 0.980 bits per heavy atom. The maximum atomic E-state index is 6.19. The summed E-state index contributed by atoms with van der Waals surface area (Å²) >= 11 is 0. The Bertz CT molecular complexity index is 2230. The van der Waals surface area contributed by atoms with E-state index in [2.05, 4.69) is 60.7 Å². The van der Waals surface area contributed by atoms with Crippen molar-refractivity contribution < 1.29 is 4.42 Å². The van der Waals surface area contributed by atoms with Crippen molar-refractivity contribution in [3.05, 3.63) is 133 Å². The number of hydrogen-bond donors (Lipinski definition) is 0. The van der Waals surface area contributed by atoms with E-state index in [4.69, 9.17) is 24.4 Å². The predicted molar refractivity (Wildman–Crippen MR) is 194 cm³/mol. The van der Waals surface area contributed by atoms with Gasteiger partial charge in [0.1, 0.15) is 5.52 Å². The monoisotopic (exact) mass is 636 g/mol. The summed E-state index contributed by atoms with van der Waals surface area (Å²) in [4.78, 5) is 19.7. The van der Waals surface area contributed by atoms with Gasteiger partial charge in [0.2, 0.25) is 0 Å². The van der Waals surface area contributed by atoms with Crippen molar-refractivity contribution in [1.82, 2.24) is 19.9 Å². The van der Waals surface area contributed by atoms with E-state index in [9.17, 15) is 0 Å². The zero-order valence-corrected chi connectivity index (χ0v) is 27.3. The summed E-state index contributed by atoms with van der Waals surface area (Å²) in [6, 6.07) is 42.1. The van der Waals surface area contributed by atoms with Crippen LogP contribution in [0, 0.1) is 17.8 Å². The molecule has 7 aromatic rings. The normalized spacial score (nSPS) is 22.5. The molecular formula is C44H36N4O. The molecule has 4 fully saturated rings. The topological polar surface area (TPSA) is 64.7 Å². The predicted octanol–water partition coefficient (Wildman–Crippen LogP) is 10.8. The summed E-state index contributed by atoms with van der Waals surface area (Å²) < 4.78 is 6.19. The molecule has 4 bridgehead atoms. The average molecular weight is 637 g/mol. The van der Waals surface area contributed by atoms with E-state index < -0.39 is 0 Å². The molecule has 0 atom stereocenters. The molecule has 0 unspecified atom stereocenters. The number of aromatic nitrogens is 4. The smallest absolute Gasteiger partial charge is 0.182 e. The first kappa shape index (κ1) is 28.6. The third-order valence-corrected chi connectivity index (χ3v) is 11.4. The van der Waals surface area contributed by atoms with Crippen LogP contribution in [0.1, 0.15) is 44.1 Å². The summed E-state index contributed by atoms with van der Waals surface area (Å²) in [6.07, 6.45) is 9.88. The van der Waals surface area contributed by atoms with Gasteiger partial charge < -0.3 is 4.42 Å². The highest BCUT2D eigenvalue weighted by molar-refractivity contribution is 5.93. The van der Waals surface area contributed by atoms with Crippen LogP contribution in [0.15, 0.2) is 132 Å². The van der Waals surface area contributed by atoms with Gasteiger partial charge in [0.15, 0.2) is 29.4 Å². The Hall–Kier alpha value is -5.42. The minimum atomic E-state index is 0.264. The van der Waals surface area contributed by atoms with E-state index in [-0.39, 0.29) is 5.41 Å². The maximum Gasteiger partial charge on any atom is 0.182 e. The van der Waals surface area contributed by atoms with Crippen molar-refractivity contribution in [2.24, 2.45) is 17.8 Å². The summed E-state index contributed by atoms with van der Waals surface area (Å²) in [7, 11) is 0. The first-order valence-corrected chi connectivity index (χ1v) is 17.6. The van der Waals surface area contributed by atoms with Crippen molar-refractivity contribution in [2.75, 3.05) is 0 Å². The van der Waals surface area contributed by atoms with Gasteiger partial charge >= 0.3 is 0 Å². The fourth-order valence-electron chi connectivity index (χ4n) is 9.69. The minimum Gasteiger partial charge on any atom is -0.443 e. The lowest BCUT2D eigenvalue weighted by atomic mass is 9.48. The van der Waals surface area contributed by atoms with Crippen LogP contribution in [0.4, 0.5) is 0 Å². The molecule has 0 amide bonds. The van der Waals surface area contributed by atoms with Crippen molar-refractivity contribution in [3.8, 4) is 56.4 Å². The van der Waals surface area contributed by atoms with Crippen LogP contribution in [-0.2, 0) is 5.41 Å². The lowest BCUT2D eigenvalue weighted by Gasteiger charge is -2.57. The van der Waals surface area contributed by atoms with Gasteiger partial charge in [-0.3, -0.25) is 0 Å². The molecule has 0 N–H and O–H groups in total. The van der Waals surface area contributed by atoms with Gasteiger partial charge in [0.05, 0.1) is 0 Å². The lowest BCUT2D eigenvalue weighted by molar-refractivity contribution is -0.00457. The van der Waals surface area contributed by atoms with E-state index >= 15 is 0 Å². The maximum absolute atomic E-state index is 6.19. The second-order valence-corrected chi connectivity index (χ2v) is 14.6. The zero-order chi connectivity index (χ0) is 32.4. The van der Waals surface area contributed by atoms with Crippen molar-refractivity contribution in [3.63, 3.8) is 0 Å². The zero-order valence-electron chi connectivity index (χ0n) is 27.3. The largest absolute Gasteiger partial charge is 0.443 e. The minimum absolute atomic E-state index is 0.264. The van der Waals surface area contributed by atoms with Crippen LogP contribution in [0.3, 0.4) is 0 Å². The molecule has 238 valence electrons. The Morgan fingerprint density at radius 3 is 1.57 bits per heavy atom. The Labute approximate surface area is 286 Å². The molecule has 0 radical (unpaired) electrons. The summed E-state index contributed by atoms with van der Waals surface area (Å²) in [5, 5.41) is 0. The molecular weight excluding hydrogens is 601 g/mol. The standard InChI is InChI=1S/C44H36N4O/c1-3-9-31(10-4-1)41-46-42(32-11-5-2-6-12-32)48-43(47-41)36-16-8-14-34(23-36)33-13-7-15-35(22-33)37-17-18-38(39-40(37)49-27-45-39)44-24-28-19-29(25-44)21-30(20-28)26-44/h1-18,22-23,27-30H,19-21,24-26H2. The first-order chi connectivity index (χ1) is 24.2. The van der Waals surface area contributed by atoms with Crippen LogP contribution in [0.2, 0.25) is 0 Å². The van der Waals surface area contributed by atoms with Crippen LogP contribution in [0.5, 0.6) is 0 Å². The SMILES string of the molecule is c1ccc(-c2nc(-c3ccccc3)nc(-c3cccc(-c4cccc(-c5ccc(C67CC8CC(CC(C8)C6)C7)c6ncoc56)c4)c3)n2)cc1. The van der Waals surface area contributed by atoms with Gasteiger partial charge in [0.25, 0.3) is 0 Å².